The summed E-state index contributed by atoms with van der Waals surface area (Å²) in [6.45, 7) is 5.19. The van der Waals surface area contributed by atoms with Crippen LogP contribution in [0.25, 0.3) is 0 Å². The summed E-state index contributed by atoms with van der Waals surface area (Å²) >= 11 is -2.71. The number of nitrogens with zero attached hydrogens (tertiary/aromatic N) is 2. The highest BCUT2D eigenvalue weighted by molar-refractivity contribution is 7.91. The number of amides is 2. The average Bonchev–Trinajstić information content (AvgIpc) is 1.50. The van der Waals surface area contributed by atoms with Crippen molar-refractivity contribution in [2.75, 3.05) is 57.4 Å². The molecule has 3 unspecified atom stereocenters. The second-order valence-corrected chi connectivity index (χ2v) is 37.2. The number of fused-ring (bicyclic) bond motifs is 11. The normalized spacial score (nSPS) is 26.1. The van der Waals surface area contributed by atoms with Crippen LogP contribution in [-0.4, -0.2) is 159 Å². The number of benzene rings is 3. The van der Waals surface area contributed by atoms with Crippen molar-refractivity contribution in [2.45, 2.75) is 280 Å². The lowest BCUT2D eigenvalue weighted by Crippen LogP contribution is -2.50. The number of aliphatic hydroxyl groups is 2. The molecule has 2 heterocycles. The molecule has 1 aromatic heterocycles. The van der Waals surface area contributed by atoms with Crippen molar-refractivity contribution >= 4 is 69.7 Å². The molecule has 16 atom stereocenters. The van der Waals surface area contributed by atoms with E-state index in [0.717, 1.165) is 154 Å². The standard InChI is InChI=1S/2C32H47F5O3S.C20H23N7O7/c2*1-30-17-15-26-25-12-11-24(38)21-23(25)20-22(29(26)27(30)13-14-28(30)39)10-7-5-3-2-4-6-8-18-41(40)19-9-16-31(33,34)32(35,36)37;21-20-25-16-15(18(32)26-20)27(9-28)12(8-23-16)7-22-11-3-1-10(2-4-11)17(31)24-13(19(33)34)5-6-14(29)30/h2*11-12,21-22,26-29,38-39H,2-10,13-20H2,1H3;1-4,9,12-13,22H,5-8H2,(H,24,31)(H,29,30)(H,33,34)(H4,21,23,25,26,32)/t2*22-,26-,27+,28+,29-,30+,41?;12?,13-/m110/s1. The molecule has 4 fully saturated rings. The number of carboxylic acids is 2. The van der Waals surface area contributed by atoms with Crippen LogP contribution in [-0.2, 0) is 49.6 Å². The molecule has 0 spiro atoms. The monoisotopic (exact) mass is 1690 g/mol. The van der Waals surface area contributed by atoms with E-state index in [4.69, 9.17) is 10.8 Å². The van der Waals surface area contributed by atoms with Crippen molar-refractivity contribution in [1.29, 1.82) is 0 Å². The number of anilines is 4. The second-order valence-electron chi connectivity index (χ2n) is 33.8. The lowest BCUT2D eigenvalue weighted by atomic mass is 9.52. The number of hydrogen-bond donors (Lipinski definition) is 11. The molecule has 1 aliphatic heterocycles. The summed E-state index contributed by atoms with van der Waals surface area (Å²) in [5.74, 6) is -6.74. The van der Waals surface area contributed by atoms with E-state index >= 15 is 0 Å². The number of alkyl halides is 10. The van der Waals surface area contributed by atoms with Gasteiger partial charge in [0.05, 0.1) is 18.2 Å². The summed E-state index contributed by atoms with van der Waals surface area (Å²) in [6, 6.07) is 16.2. The molecular formula is C84H117F10N7O13S2. The number of hydrogen-bond acceptors (Lipinski definition) is 15. The van der Waals surface area contributed by atoms with Crippen LogP contribution in [0.1, 0.15) is 251 Å². The Labute approximate surface area is 678 Å². The molecule has 12 N–H and O–H groups in total. The van der Waals surface area contributed by atoms with Gasteiger partial charge in [-0.05, 0) is 251 Å². The summed E-state index contributed by atoms with van der Waals surface area (Å²) in [5.41, 5.74) is 11.2. The molecule has 6 aliphatic carbocycles. The molecule has 4 aromatic rings. The Morgan fingerprint density at radius 2 is 1.08 bits per heavy atom. The van der Waals surface area contributed by atoms with Gasteiger partial charge in [0.1, 0.15) is 46.4 Å². The van der Waals surface area contributed by atoms with E-state index in [2.05, 4.69) is 51.9 Å². The highest BCUT2D eigenvalue weighted by Gasteiger charge is 2.60. The first-order valence-corrected chi connectivity index (χ1v) is 44.4. The first-order valence-electron chi connectivity index (χ1n) is 41.4. The molecule has 3 aromatic carbocycles. The quantitative estimate of drug-likeness (QED) is 0.00859. The first-order chi connectivity index (χ1) is 54.9. The lowest BCUT2D eigenvalue weighted by molar-refractivity contribution is -0.284. The van der Waals surface area contributed by atoms with Crippen molar-refractivity contribution < 1.29 is 103 Å². The van der Waals surface area contributed by atoms with E-state index in [0.29, 0.717) is 108 Å². The molecule has 0 radical (unpaired) electrons. The van der Waals surface area contributed by atoms with Gasteiger partial charge in [0.15, 0.2) is 5.69 Å². The van der Waals surface area contributed by atoms with E-state index < -0.39 is 114 Å². The third kappa shape index (κ3) is 24.1. The zero-order valence-electron chi connectivity index (χ0n) is 66.3. The van der Waals surface area contributed by atoms with Crippen molar-refractivity contribution in [3.05, 3.63) is 98.8 Å². The maximum atomic E-state index is 13.0. The number of aromatic nitrogens is 2. The van der Waals surface area contributed by atoms with E-state index in [1.54, 1.807) is 12.1 Å². The maximum absolute atomic E-state index is 13.0. The fourth-order valence-corrected chi connectivity index (χ4v) is 22.4. The Hall–Kier alpha value is -6.74. The molecule has 32 heteroatoms. The number of aliphatic carboxylic acids is 2. The van der Waals surface area contributed by atoms with Crippen LogP contribution in [0.15, 0.2) is 65.5 Å². The third-order valence-corrected chi connectivity index (χ3v) is 29.2. The minimum Gasteiger partial charge on any atom is -0.616 e. The first kappa shape index (κ1) is 93.1. The predicted octanol–water partition coefficient (Wildman–Crippen LogP) is 16.6. The molecule has 2 amide bonds. The Balaban J connectivity index is 0.000000200. The third-order valence-electron chi connectivity index (χ3n) is 26.3. The van der Waals surface area contributed by atoms with Gasteiger partial charge in [-0.2, -0.15) is 48.9 Å². The number of aliphatic hydroxyl groups excluding tert-OH is 2. The van der Waals surface area contributed by atoms with Crippen LogP contribution in [0, 0.1) is 46.3 Å². The zero-order valence-corrected chi connectivity index (χ0v) is 67.9. The van der Waals surface area contributed by atoms with Crippen molar-refractivity contribution in [2.24, 2.45) is 46.3 Å². The fourth-order valence-electron chi connectivity index (χ4n) is 20.0. The van der Waals surface area contributed by atoms with Crippen LogP contribution in [0.5, 0.6) is 11.5 Å². The van der Waals surface area contributed by atoms with E-state index in [1.807, 2.05) is 24.3 Å². The molecule has 0 saturated heterocycles. The largest absolute Gasteiger partial charge is 0.616 e. The number of rotatable bonds is 38. The highest BCUT2D eigenvalue weighted by atomic mass is 32.2. The summed E-state index contributed by atoms with van der Waals surface area (Å²) < 4.78 is 149. The van der Waals surface area contributed by atoms with Gasteiger partial charge in [0.2, 0.25) is 12.4 Å². The van der Waals surface area contributed by atoms with Crippen LogP contribution in [0.3, 0.4) is 0 Å². The number of carboxylic acid groups (broad SMARTS) is 2. The molecule has 20 nitrogen and oxygen atoms in total. The minimum atomic E-state index is -5.54. The number of aromatic hydroxyl groups is 2. The molecule has 0 bridgehead atoms. The number of halogens is 10. The van der Waals surface area contributed by atoms with Gasteiger partial charge < -0.3 is 71.3 Å². The number of nitrogen functional groups attached to an aromatic ring is 1. The smallest absolute Gasteiger partial charge is 0.453 e. The number of aromatic amines is 1. The Morgan fingerprint density at radius 1 is 0.638 bits per heavy atom. The molecule has 4 saturated carbocycles. The van der Waals surface area contributed by atoms with Crippen LogP contribution in [0.4, 0.5) is 67.0 Å². The molecule has 648 valence electrons. The number of unbranched alkanes of at least 4 members (excludes halogenated alkanes) is 12. The Kier molecular flexibility index (Phi) is 33.3. The van der Waals surface area contributed by atoms with Gasteiger partial charge in [-0.1, -0.05) is 113 Å². The number of H-pyrrole nitrogens is 1. The molecular weight excluding hydrogens is 1570 g/mol. The van der Waals surface area contributed by atoms with Crippen LogP contribution < -0.4 is 32.1 Å². The number of nitrogens with two attached hydrogens (primary N) is 1. The van der Waals surface area contributed by atoms with Gasteiger partial charge in [0.25, 0.3) is 5.91 Å². The summed E-state index contributed by atoms with van der Waals surface area (Å²) in [5, 5.41) is 68.3. The summed E-state index contributed by atoms with van der Waals surface area (Å²) in [6.07, 6.45) is 11.8. The summed E-state index contributed by atoms with van der Waals surface area (Å²) in [4.78, 5) is 65.7. The highest BCUT2D eigenvalue weighted by Crippen LogP contribution is 2.65. The minimum absolute atomic E-state index is 0.0195. The second kappa shape index (κ2) is 41.5. The van der Waals surface area contributed by atoms with Gasteiger partial charge in [-0.3, -0.25) is 19.2 Å². The lowest BCUT2D eigenvalue weighted by Gasteiger charge is -2.53. The molecule has 7 aliphatic rings. The van der Waals surface area contributed by atoms with Crippen molar-refractivity contribution in [3.63, 3.8) is 0 Å². The van der Waals surface area contributed by atoms with Crippen LogP contribution in [0.2, 0.25) is 0 Å². The SMILES string of the molecule is C[C@]12CC[C@@H]3c4ccc(O)cc4C[C@@H](CCCCCCCCC[S+]([O-])CCCC(F)(F)C(F)(F)F)[C@H]3[C@@H]1CC[C@@H]2O.C[C@]12CC[C@@H]3c4ccc(O)cc4C[C@@H](CCCCCCCCC[S+]([O-])CCCC(F)(F)C(F)(F)F)[C@H]3[C@@H]1CC[C@@H]2O.Nc1nc(=O)c2c([nH]1)NCC(CNc1ccc(C(=O)N[C@@H](CCC(=O)O)C(=O)O)cc1)N2C=O. The zero-order chi connectivity index (χ0) is 84.5. The van der Waals surface area contributed by atoms with Gasteiger partial charge in [0, 0.05) is 43.6 Å². The van der Waals surface area contributed by atoms with E-state index in [1.165, 1.54) is 39.3 Å². The van der Waals surface area contributed by atoms with Gasteiger partial charge >= 0.3 is 41.7 Å². The summed E-state index contributed by atoms with van der Waals surface area (Å²) in [7, 11) is 0. The van der Waals surface area contributed by atoms with Crippen molar-refractivity contribution in [1.82, 2.24) is 15.3 Å². The Bertz CT molecular complexity index is 3770. The number of nitrogens with one attached hydrogen (secondary N) is 4. The van der Waals surface area contributed by atoms with Crippen LogP contribution >= 0.6 is 0 Å². The van der Waals surface area contributed by atoms with E-state index in [9.17, 15) is 103 Å². The van der Waals surface area contributed by atoms with E-state index in [-0.39, 0.29) is 64.7 Å². The number of phenolic OH excluding ortho intramolecular Hbond substituents is 2. The molecule has 116 heavy (non-hydrogen) atoms. The van der Waals surface area contributed by atoms with Gasteiger partial charge in [-0.15, -0.1) is 0 Å². The average molecular weight is 1690 g/mol. The topological polar surface area (TPSA) is 347 Å². The molecule has 11 rings (SSSR count). The Morgan fingerprint density at radius 3 is 1.51 bits per heavy atom. The number of carbonyl (C=O) groups excluding carboxylic acids is 2. The fraction of sp³-hybridized carbons (Fsp3) is 0.690. The number of phenols is 2. The number of carbonyl (C=O) groups is 4. The van der Waals surface area contributed by atoms with Crippen molar-refractivity contribution in [3.8, 4) is 11.5 Å². The van der Waals surface area contributed by atoms with Gasteiger partial charge in [-0.25, -0.2) is 4.79 Å². The predicted molar refractivity (Wildman–Crippen MR) is 426 cm³/mol. The maximum Gasteiger partial charge on any atom is 0.453 e.